The van der Waals surface area contributed by atoms with Crippen LogP contribution in [0.5, 0.6) is 0 Å². The van der Waals surface area contributed by atoms with Gasteiger partial charge in [-0.15, -0.1) is 0 Å². The molecule has 2 aromatic rings. The second-order valence-corrected chi connectivity index (χ2v) is 6.07. The van der Waals surface area contributed by atoms with E-state index in [1.165, 1.54) is 16.7 Å². The van der Waals surface area contributed by atoms with Crippen LogP contribution in [0.2, 0.25) is 0 Å². The number of aromatic nitrogens is 3. The van der Waals surface area contributed by atoms with Crippen LogP contribution in [0, 0.1) is 6.92 Å². The summed E-state index contributed by atoms with van der Waals surface area (Å²) < 4.78 is 26.1. The molecule has 2 aromatic heterocycles. The minimum absolute atomic E-state index is 0.169. The van der Waals surface area contributed by atoms with E-state index in [-0.39, 0.29) is 11.4 Å². The molecular weight excluding hydrogens is 264 g/mol. The highest BCUT2D eigenvalue weighted by molar-refractivity contribution is 7.89. The van der Waals surface area contributed by atoms with Crippen molar-refractivity contribution in [3.8, 4) is 0 Å². The van der Waals surface area contributed by atoms with Crippen LogP contribution in [-0.2, 0) is 16.6 Å². The van der Waals surface area contributed by atoms with Crippen molar-refractivity contribution in [3.05, 3.63) is 42.0 Å². The predicted molar refractivity (Wildman–Crippen MR) is 70.8 cm³/mol. The first-order chi connectivity index (χ1) is 9.04. The number of pyridine rings is 1. The average molecular weight is 280 g/mol. The topological polar surface area (TPSA) is 79.0 Å². The summed E-state index contributed by atoms with van der Waals surface area (Å²) in [5.74, 6) is 0. The van der Waals surface area contributed by atoms with Crippen molar-refractivity contribution >= 4 is 10.0 Å². The number of sulfonamides is 1. The maximum absolute atomic E-state index is 12.4. The van der Waals surface area contributed by atoms with Gasteiger partial charge in [0.1, 0.15) is 4.90 Å². The Morgan fingerprint density at radius 1 is 1.37 bits per heavy atom. The summed E-state index contributed by atoms with van der Waals surface area (Å²) in [6.07, 6.45) is 2.68. The summed E-state index contributed by atoms with van der Waals surface area (Å²) in [5, 5.41) is 6.20. The van der Waals surface area contributed by atoms with Gasteiger partial charge in [0.15, 0.2) is 0 Å². The van der Waals surface area contributed by atoms with Crippen molar-refractivity contribution in [1.82, 2.24) is 19.5 Å². The molecule has 0 saturated heterocycles. The first-order valence-electron chi connectivity index (χ1n) is 5.95. The summed E-state index contributed by atoms with van der Waals surface area (Å²) in [6.45, 7) is 4.31. The van der Waals surface area contributed by atoms with Gasteiger partial charge < -0.3 is 0 Å². The van der Waals surface area contributed by atoms with E-state index >= 15 is 0 Å². The SMILES string of the molecule is CCN(Cc1cccc(C)n1)S(=O)(=O)c1cn[nH]c1. The third-order valence-corrected chi connectivity index (χ3v) is 4.63. The van der Waals surface area contributed by atoms with Crippen molar-refractivity contribution < 1.29 is 8.42 Å². The van der Waals surface area contributed by atoms with E-state index in [1.54, 1.807) is 6.92 Å². The van der Waals surface area contributed by atoms with Gasteiger partial charge >= 0.3 is 0 Å². The smallest absolute Gasteiger partial charge is 0.246 e. The van der Waals surface area contributed by atoms with Gasteiger partial charge in [0.2, 0.25) is 10.0 Å². The molecule has 0 amide bonds. The molecular formula is C12H16N4O2S. The Hall–Kier alpha value is -1.73. The van der Waals surface area contributed by atoms with Crippen LogP contribution >= 0.6 is 0 Å². The minimum Gasteiger partial charge on any atom is -0.284 e. The summed E-state index contributed by atoms with van der Waals surface area (Å²) in [4.78, 5) is 4.49. The first kappa shape index (κ1) is 13.7. The van der Waals surface area contributed by atoms with Crippen molar-refractivity contribution in [2.75, 3.05) is 6.54 Å². The van der Waals surface area contributed by atoms with Gasteiger partial charge in [0.05, 0.1) is 18.4 Å². The van der Waals surface area contributed by atoms with Gasteiger partial charge in [0.25, 0.3) is 0 Å². The second kappa shape index (κ2) is 5.50. The fraction of sp³-hybridized carbons (Fsp3) is 0.333. The molecule has 0 aliphatic heterocycles. The lowest BCUT2D eigenvalue weighted by Crippen LogP contribution is -2.30. The Labute approximate surface area is 112 Å². The van der Waals surface area contributed by atoms with E-state index in [4.69, 9.17) is 0 Å². The molecule has 0 aliphatic rings. The van der Waals surface area contributed by atoms with E-state index in [2.05, 4.69) is 15.2 Å². The monoisotopic (exact) mass is 280 g/mol. The number of hydrogen-bond acceptors (Lipinski definition) is 4. The molecule has 0 spiro atoms. The molecule has 0 saturated carbocycles. The molecule has 6 nitrogen and oxygen atoms in total. The number of nitrogens with zero attached hydrogens (tertiary/aromatic N) is 3. The van der Waals surface area contributed by atoms with Crippen molar-refractivity contribution in [1.29, 1.82) is 0 Å². The molecule has 1 N–H and O–H groups in total. The lowest BCUT2D eigenvalue weighted by atomic mass is 10.3. The van der Waals surface area contributed by atoms with Gasteiger partial charge in [-0.3, -0.25) is 10.1 Å². The van der Waals surface area contributed by atoms with Gasteiger partial charge in [0, 0.05) is 18.4 Å². The Morgan fingerprint density at radius 2 is 2.16 bits per heavy atom. The molecule has 102 valence electrons. The summed E-state index contributed by atoms with van der Waals surface area (Å²) in [5.41, 5.74) is 1.60. The zero-order valence-corrected chi connectivity index (χ0v) is 11.7. The van der Waals surface area contributed by atoms with E-state index in [9.17, 15) is 8.42 Å². The Bertz CT molecular complexity index is 638. The van der Waals surface area contributed by atoms with Crippen molar-refractivity contribution in [2.45, 2.75) is 25.3 Å². The van der Waals surface area contributed by atoms with E-state index in [0.717, 1.165) is 11.4 Å². The molecule has 0 fully saturated rings. The molecule has 2 heterocycles. The van der Waals surface area contributed by atoms with Crippen LogP contribution in [-0.4, -0.2) is 34.4 Å². The van der Waals surface area contributed by atoms with Crippen LogP contribution in [0.15, 0.2) is 35.5 Å². The molecule has 0 aliphatic carbocycles. The van der Waals surface area contributed by atoms with Crippen LogP contribution in [0.3, 0.4) is 0 Å². The minimum atomic E-state index is -3.52. The molecule has 0 aromatic carbocycles. The average Bonchev–Trinajstić information content (AvgIpc) is 2.90. The lowest BCUT2D eigenvalue weighted by molar-refractivity contribution is 0.419. The molecule has 0 radical (unpaired) electrons. The van der Waals surface area contributed by atoms with Crippen LogP contribution in [0.4, 0.5) is 0 Å². The van der Waals surface area contributed by atoms with Gasteiger partial charge in [-0.2, -0.15) is 9.40 Å². The Kier molecular flexibility index (Phi) is 3.96. The Balaban J connectivity index is 2.26. The summed E-state index contributed by atoms with van der Waals surface area (Å²) in [6, 6.07) is 5.57. The quantitative estimate of drug-likeness (QED) is 0.896. The highest BCUT2D eigenvalue weighted by Gasteiger charge is 2.24. The summed E-state index contributed by atoms with van der Waals surface area (Å²) >= 11 is 0. The van der Waals surface area contributed by atoms with E-state index in [0.29, 0.717) is 6.54 Å². The fourth-order valence-corrected chi connectivity index (χ4v) is 3.09. The maximum Gasteiger partial charge on any atom is 0.246 e. The van der Waals surface area contributed by atoms with Crippen LogP contribution < -0.4 is 0 Å². The third-order valence-electron chi connectivity index (χ3n) is 2.75. The number of aromatic amines is 1. The van der Waals surface area contributed by atoms with Gasteiger partial charge in [-0.05, 0) is 19.1 Å². The number of H-pyrrole nitrogens is 1. The first-order valence-corrected chi connectivity index (χ1v) is 7.39. The normalized spacial score (nSPS) is 11.9. The van der Waals surface area contributed by atoms with Crippen LogP contribution in [0.25, 0.3) is 0 Å². The molecule has 0 unspecified atom stereocenters. The van der Waals surface area contributed by atoms with E-state index < -0.39 is 10.0 Å². The second-order valence-electron chi connectivity index (χ2n) is 4.14. The fourth-order valence-electron chi connectivity index (χ4n) is 1.76. The highest BCUT2D eigenvalue weighted by Crippen LogP contribution is 2.16. The van der Waals surface area contributed by atoms with E-state index in [1.807, 2.05) is 25.1 Å². The maximum atomic E-state index is 12.4. The Morgan fingerprint density at radius 3 is 2.74 bits per heavy atom. The zero-order chi connectivity index (χ0) is 13.9. The largest absolute Gasteiger partial charge is 0.284 e. The number of hydrogen-bond donors (Lipinski definition) is 1. The van der Waals surface area contributed by atoms with Gasteiger partial charge in [-0.1, -0.05) is 13.0 Å². The molecule has 2 rings (SSSR count). The van der Waals surface area contributed by atoms with Crippen molar-refractivity contribution in [2.24, 2.45) is 0 Å². The van der Waals surface area contributed by atoms with Gasteiger partial charge in [-0.25, -0.2) is 8.42 Å². The number of aryl methyl sites for hydroxylation is 1. The number of rotatable bonds is 5. The molecule has 19 heavy (non-hydrogen) atoms. The van der Waals surface area contributed by atoms with Crippen LogP contribution in [0.1, 0.15) is 18.3 Å². The third kappa shape index (κ3) is 2.99. The lowest BCUT2D eigenvalue weighted by Gasteiger charge is -2.19. The highest BCUT2D eigenvalue weighted by atomic mass is 32.2. The number of nitrogens with one attached hydrogen (secondary N) is 1. The standard InChI is InChI=1S/C12H16N4O2S/c1-3-16(9-11-6-4-5-10(2)15-11)19(17,18)12-7-13-14-8-12/h4-8H,3,9H2,1-2H3,(H,13,14). The van der Waals surface area contributed by atoms with Crippen molar-refractivity contribution in [3.63, 3.8) is 0 Å². The zero-order valence-electron chi connectivity index (χ0n) is 10.9. The molecule has 0 bridgehead atoms. The predicted octanol–water partition coefficient (Wildman–Crippen LogP) is 1.32. The molecule has 7 heteroatoms. The summed E-state index contributed by atoms with van der Waals surface area (Å²) in [7, 11) is -3.52. The molecule has 0 atom stereocenters.